The summed E-state index contributed by atoms with van der Waals surface area (Å²) in [4.78, 5) is 28.7. The number of aryl methyl sites for hydroxylation is 1. The molecule has 0 unspecified atom stereocenters. The first-order valence-electron chi connectivity index (χ1n) is 10.3. The van der Waals surface area contributed by atoms with Crippen LogP contribution in [0, 0.1) is 5.92 Å². The van der Waals surface area contributed by atoms with Gasteiger partial charge in [-0.15, -0.1) is 0 Å². The Balaban J connectivity index is 1.72. The van der Waals surface area contributed by atoms with Gasteiger partial charge in [-0.2, -0.15) is 0 Å². The molecule has 1 aliphatic heterocycles. The van der Waals surface area contributed by atoms with E-state index in [4.69, 9.17) is 9.47 Å². The summed E-state index contributed by atoms with van der Waals surface area (Å²) in [6.07, 6.45) is 2.45. The fourth-order valence-electron chi connectivity index (χ4n) is 3.25. The van der Waals surface area contributed by atoms with Crippen molar-refractivity contribution in [2.24, 2.45) is 5.92 Å². The summed E-state index contributed by atoms with van der Waals surface area (Å²) >= 11 is 0. The van der Waals surface area contributed by atoms with Crippen LogP contribution in [0.2, 0.25) is 0 Å². The number of rotatable bonds is 9. The molecule has 2 amide bonds. The Morgan fingerprint density at radius 1 is 0.964 bits per heavy atom. The van der Waals surface area contributed by atoms with Crippen LogP contribution in [-0.4, -0.2) is 68.1 Å². The van der Waals surface area contributed by atoms with E-state index in [0.29, 0.717) is 51.6 Å². The molecule has 156 valence electrons. The lowest BCUT2D eigenvalue weighted by molar-refractivity contribution is -0.134. The summed E-state index contributed by atoms with van der Waals surface area (Å²) in [7, 11) is 1.64. The van der Waals surface area contributed by atoms with Crippen LogP contribution in [0.3, 0.4) is 0 Å². The smallest absolute Gasteiger partial charge is 0.224 e. The van der Waals surface area contributed by atoms with E-state index in [1.165, 1.54) is 0 Å². The standard InChI is InChI=1S/C22H34N2O4/c1-18(2)17-28-16-11-22(26)24-13-4-12-23(14-15-24)21(25)10-7-19-5-8-20(27-3)9-6-19/h5-6,8-9,18H,4,7,10-17H2,1-3H3. The van der Waals surface area contributed by atoms with E-state index in [-0.39, 0.29) is 11.8 Å². The normalized spacial score (nSPS) is 14.9. The van der Waals surface area contributed by atoms with E-state index < -0.39 is 0 Å². The van der Waals surface area contributed by atoms with Crippen LogP contribution in [0.15, 0.2) is 24.3 Å². The van der Waals surface area contributed by atoms with Gasteiger partial charge in [-0.05, 0) is 36.5 Å². The lowest BCUT2D eigenvalue weighted by atomic mass is 10.1. The van der Waals surface area contributed by atoms with Gasteiger partial charge in [-0.1, -0.05) is 26.0 Å². The van der Waals surface area contributed by atoms with Gasteiger partial charge in [-0.25, -0.2) is 0 Å². The third-order valence-corrected chi connectivity index (χ3v) is 4.90. The number of carbonyl (C=O) groups is 2. The molecule has 1 aromatic carbocycles. The number of methoxy groups -OCH3 is 1. The monoisotopic (exact) mass is 390 g/mol. The molecule has 0 spiro atoms. The van der Waals surface area contributed by atoms with Crippen molar-refractivity contribution in [3.05, 3.63) is 29.8 Å². The van der Waals surface area contributed by atoms with Crippen LogP contribution in [0.4, 0.5) is 0 Å². The summed E-state index contributed by atoms with van der Waals surface area (Å²) in [5, 5.41) is 0. The maximum atomic E-state index is 12.6. The zero-order chi connectivity index (χ0) is 20.4. The van der Waals surface area contributed by atoms with E-state index in [2.05, 4.69) is 13.8 Å². The first-order chi connectivity index (χ1) is 13.5. The SMILES string of the molecule is COc1ccc(CCC(=O)N2CCCN(C(=O)CCOCC(C)C)CC2)cc1. The van der Waals surface area contributed by atoms with Crippen LogP contribution in [0.25, 0.3) is 0 Å². The Morgan fingerprint density at radius 3 is 2.14 bits per heavy atom. The number of hydrogen-bond acceptors (Lipinski definition) is 4. The summed E-state index contributed by atoms with van der Waals surface area (Å²) in [5.74, 6) is 1.58. The summed E-state index contributed by atoms with van der Waals surface area (Å²) < 4.78 is 10.7. The van der Waals surface area contributed by atoms with Gasteiger partial charge in [0, 0.05) is 39.2 Å². The molecule has 0 radical (unpaired) electrons. The number of carbonyl (C=O) groups excluding carboxylic acids is 2. The molecular formula is C22H34N2O4. The zero-order valence-electron chi connectivity index (χ0n) is 17.5. The van der Waals surface area contributed by atoms with E-state index in [9.17, 15) is 9.59 Å². The molecule has 1 heterocycles. The van der Waals surface area contributed by atoms with Crippen molar-refractivity contribution in [2.45, 2.75) is 39.5 Å². The average molecular weight is 391 g/mol. The highest BCUT2D eigenvalue weighted by atomic mass is 16.5. The van der Waals surface area contributed by atoms with Gasteiger partial charge in [0.25, 0.3) is 0 Å². The fourth-order valence-corrected chi connectivity index (χ4v) is 3.25. The van der Waals surface area contributed by atoms with Crippen LogP contribution in [0.1, 0.15) is 38.7 Å². The third-order valence-electron chi connectivity index (χ3n) is 4.90. The lowest BCUT2D eigenvalue weighted by Gasteiger charge is -2.22. The molecule has 0 bridgehead atoms. The topological polar surface area (TPSA) is 59.1 Å². The number of benzene rings is 1. The molecule has 0 aromatic heterocycles. The summed E-state index contributed by atoms with van der Waals surface area (Å²) in [6, 6.07) is 7.83. The minimum absolute atomic E-state index is 0.122. The Morgan fingerprint density at radius 2 is 1.57 bits per heavy atom. The Bertz CT molecular complexity index is 615. The summed E-state index contributed by atoms with van der Waals surface area (Å²) in [5.41, 5.74) is 1.13. The second kappa shape index (κ2) is 11.7. The van der Waals surface area contributed by atoms with Crippen LogP contribution in [-0.2, 0) is 20.7 Å². The largest absolute Gasteiger partial charge is 0.497 e. The zero-order valence-corrected chi connectivity index (χ0v) is 17.5. The quantitative estimate of drug-likeness (QED) is 0.609. The number of ether oxygens (including phenoxy) is 2. The Kier molecular flexibility index (Phi) is 9.28. The van der Waals surface area contributed by atoms with Crippen LogP contribution >= 0.6 is 0 Å². The van der Waals surface area contributed by atoms with Gasteiger partial charge < -0.3 is 19.3 Å². The molecule has 0 saturated carbocycles. The second-order valence-electron chi connectivity index (χ2n) is 7.68. The van der Waals surface area contributed by atoms with Gasteiger partial charge in [0.15, 0.2) is 0 Å². The second-order valence-corrected chi connectivity index (χ2v) is 7.68. The van der Waals surface area contributed by atoms with Gasteiger partial charge in [0.05, 0.1) is 20.1 Å². The Labute approximate surface area is 168 Å². The van der Waals surface area contributed by atoms with Gasteiger partial charge in [-0.3, -0.25) is 9.59 Å². The number of amides is 2. The minimum Gasteiger partial charge on any atom is -0.497 e. The highest BCUT2D eigenvalue weighted by Crippen LogP contribution is 2.14. The molecule has 1 saturated heterocycles. The van der Waals surface area contributed by atoms with E-state index in [1.54, 1.807) is 7.11 Å². The highest BCUT2D eigenvalue weighted by molar-refractivity contribution is 5.78. The molecular weight excluding hydrogens is 356 g/mol. The first-order valence-corrected chi connectivity index (χ1v) is 10.3. The number of nitrogens with zero attached hydrogens (tertiary/aromatic N) is 2. The van der Waals surface area contributed by atoms with Crippen molar-refractivity contribution < 1.29 is 19.1 Å². The molecule has 0 aliphatic carbocycles. The van der Waals surface area contributed by atoms with E-state index >= 15 is 0 Å². The van der Waals surface area contributed by atoms with Gasteiger partial charge in [0.1, 0.15) is 5.75 Å². The lowest BCUT2D eigenvalue weighted by Crippen LogP contribution is -2.37. The van der Waals surface area contributed by atoms with Crippen molar-refractivity contribution in [1.82, 2.24) is 9.80 Å². The molecule has 6 nitrogen and oxygen atoms in total. The molecule has 1 fully saturated rings. The van der Waals surface area contributed by atoms with E-state index in [0.717, 1.165) is 30.7 Å². The van der Waals surface area contributed by atoms with Crippen molar-refractivity contribution in [2.75, 3.05) is 46.5 Å². The Hall–Kier alpha value is -2.08. The molecule has 28 heavy (non-hydrogen) atoms. The molecule has 1 aliphatic rings. The molecule has 0 atom stereocenters. The summed E-state index contributed by atoms with van der Waals surface area (Å²) in [6.45, 7) is 7.99. The van der Waals surface area contributed by atoms with Crippen LogP contribution < -0.4 is 4.74 Å². The third kappa shape index (κ3) is 7.50. The first kappa shape index (κ1) is 22.2. The minimum atomic E-state index is 0.122. The van der Waals surface area contributed by atoms with Crippen molar-refractivity contribution in [1.29, 1.82) is 0 Å². The van der Waals surface area contributed by atoms with Gasteiger partial charge >= 0.3 is 0 Å². The molecule has 0 N–H and O–H groups in total. The highest BCUT2D eigenvalue weighted by Gasteiger charge is 2.21. The average Bonchev–Trinajstić information content (AvgIpc) is 2.96. The fraction of sp³-hybridized carbons (Fsp3) is 0.636. The predicted octanol–water partition coefficient (Wildman–Crippen LogP) is 2.75. The van der Waals surface area contributed by atoms with E-state index in [1.807, 2.05) is 34.1 Å². The predicted molar refractivity (Wildman–Crippen MR) is 109 cm³/mol. The molecule has 1 aromatic rings. The molecule has 6 heteroatoms. The molecule has 2 rings (SSSR count). The van der Waals surface area contributed by atoms with Crippen LogP contribution in [0.5, 0.6) is 5.75 Å². The maximum Gasteiger partial charge on any atom is 0.224 e. The van der Waals surface area contributed by atoms with Gasteiger partial charge in [0.2, 0.25) is 11.8 Å². The van der Waals surface area contributed by atoms with Crippen molar-refractivity contribution in [3.8, 4) is 5.75 Å². The number of hydrogen-bond donors (Lipinski definition) is 0. The van der Waals surface area contributed by atoms with Crippen molar-refractivity contribution in [3.63, 3.8) is 0 Å². The maximum absolute atomic E-state index is 12.6. The van der Waals surface area contributed by atoms with Crippen molar-refractivity contribution >= 4 is 11.8 Å².